The van der Waals surface area contributed by atoms with Crippen LogP contribution in [0.5, 0.6) is 0 Å². The predicted octanol–water partition coefficient (Wildman–Crippen LogP) is 3.02. The second-order valence-corrected chi connectivity index (χ2v) is 9.17. The van der Waals surface area contributed by atoms with Crippen LogP contribution in [0, 0.1) is 5.41 Å². The lowest BCUT2D eigenvalue weighted by Gasteiger charge is -2.53. The number of amides is 1. The second-order valence-electron chi connectivity index (χ2n) is 9.17. The fourth-order valence-electron chi connectivity index (χ4n) is 6.47. The van der Waals surface area contributed by atoms with E-state index in [1.807, 2.05) is 0 Å². The number of carbonyl (C=O) groups is 1. The van der Waals surface area contributed by atoms with Crippen LogP contribution in [0.2, 0.25) is 0 Å². The van der Waals surface area contributed by atoms with E-state index in [4.69, 9.17) is 0 Å². The summed E-state index contributed by atoms with van der Waals surface area (Å²) in [6.07, 6.45) is 6.99. The molecule has 4 aliphatic heterocycles. The molecule has 2 aromatic rings. The van der Waals surface area contributed by atoms with Gasteiger partial charge in [-0.2, -0.15) is 0 Å². The van der Waals surface area contributed by atoms with E-state index in [-0.39, 0.29) is 11.3 Å². The number of benzene rings is 1. The smallest absolute Gasteiger partial charge is 0.270 e. The number of hydrogen-bond donors (Lipinski definition) is 1. The quantitative estimate of drug-likeness (QED) is 0.857. The first-order chi connectivity index (χ1) is 14.2. The van der Waals surface area contributed by atoms with Crippen molar-refractivity contribution in [2.45, 2.75) is 38.6 Å². The Hall–Kier alpha value is -2.11. The molecule has 6 rings (SSSR count). The van der Waals surface area contributed by atoms with E-state index >= 15 is 0 Å². The Morgan fingerprint density at radius 3 is 2.83 bits per heavy atom. The average molecular weight is 391 g/mol. The SMILES string of the molecule is CC[C@]12C=C(C(=O)N3CCNCC3)n3c4c(c5ccccc53)CCN(CCC1)[C@H]42. The number of aromatic nitrogens is 1. The minimum Gasteiger partial charge on any atom is -0.335 e. The Bertz CT molecular complexity index is 1020. The zero-order valence-corrected chi connectivity index (χ0v) is 17.3. The first-order valence-corrected chi connectivity index (χ1v) is 11.3. The molecule has 5 nitrogen and oxygen atoms in total. The molecule has 4 aliphatic rings. The first-order valence-electron chi connectivity index (χ1n) is 11.3. The molecule has 2 atom stereocenters. The Kier molecular flexibility index (Phi) is 3.94. The molecule has 5 heteroatoms. The van der Waals surface area contributed by atoms with E-state index in [0.717, 1.165) is 51.3 Å². The van der Waals surface area contributed by atoms with Gasteiger partial charge in [0, 0.05) is 49.2 Å². The van der Waals surface area contributed by atoms with Gasteiger partial charge in [0.05, 0.1) is 11.6 Å². The molecule has 1 N–H and O–H groups in total. The van der Waals surface area contributed by atoms with E-state index < -0.39 is 0 Å². The average Bonchev–Trinajstić information content (AvgIpc) is 3.13. The highest BCUT2D eigenvalue weighted by Crippen LogP contribution is 2.57. The molecular weight excluding hydrogens is 360 g/mol. The lowest BCUT2D eigenvalue weighted by molar-refractivity contribution is -0.126. The van der Waals surface area contributed by atoms with Crippen LogP contribution in [-0.2, 0) is 11.2 Å². The minimum atomic E-state index is 0.0802. The van der Waals surface area contributed by atoms with Crippen LogP contribution in [0.15, 0.2) is 30.3 Å². The van der Waals surface area contributed by atoms with Gasteiger partial charge in [-0.15, -0.1) is 0 Å². The van der Waals surface area contributed by atoms with E-state index in [1.54, 1.807) is 0 Å². The number of nitrogens with one attached hydrogen (secondary N) is 1. The van der Waals surface area contributed by atoms with Crippen LogP contribution in [0.3, 0.4) is 0 Å². The summed E-state index contributed by atoms with van der Waals surface area (Å²) in [4.78, 5) is 18.6. The van der Waals surface area contributed by atoms with Crippen molar-refractivity contribution in [3.63, 3.8) is 0 Å². The number of rotatable bonds is 2. The van der Waals surface area contributed by atoms with Crippen LogP contribution >= 0.6 is 0 Å². The number of piperazine rings is 1. The maximum Gasteiger partial charge on any atom is 0.270 e. The number of carbonyl (C=O) groups excluding carboxylic acids is 1. The van der Waals surface area contributed by atoms with Crippen LogP contribution in [0.1, 0.15) is 43.5 Å². The molecule has 0 bridgehead atoms. The maximum atomic E-state index is 13.8. The highest BCUT2D eigenvalue weighted by atomic mass is 16.2. The Morgan fingerprint density at radius 2 is 2.00 bits per heavy atom. The summed E-state index contributed by atoms with van der Waals surface area (Å²) in [5, 5.41) is 4.72. The topological polar surface area (TPSA) is 40.5 Å². The van der Waals surface area contributed by atoms with E-state index in [0.29, 0.717) is 6.04 Å². The summed E-state index contributed by atoms with van der Waals surface area (Å²) in [5.74, 6) is 0.212. The molecule has 29 heavy (non-hydrogen) atoms. The van der Waals surface area contributed by atoms with Crippen molar-refractivity contribution in [2.24, 2.45) is 5.41 Å². The van der Waals surface area contributed by atoms with Gasteiger partial charge in [0.15, 0.2) is 0 Å². The lowest BCUT2D eigenvalue weighted by Crippen LogP contribution is -2.52. The molecule has 1 amide bonds. The molecule has 152 valence electrons. The number of nitrogens with zero attached hydrogens (tertiary/aromatic N) is 3. The van der Waals surface area contributed by atoms with Crippen molar-refractivity contribution < 1.29 is 4.79 Å². The molecule has 1 aromatic heterocycles. The van der Waals surface area contributed by atoms with Crippen molar-refractivity contribution in [2.75, 3.05) is 39.3 Å². The molecule has 0 unspecified atom stereocenters. The summed E-state index contributed by atoms with van der Waals surface area (Å²) in [6, 6.07) is 9.14. The molecule has 0 aliphatic carbocycles. The van der Waals surface area contributed by atoms with Crippen molar-refractivity contribution in [3.05, 3.63) is 41.6 Å². The van der Waals surface area contributed by atoms with Gasteiger partial charge in [-0.05, 0) is 49.9 Å². The van der Waals surface area contributed by atoms with E-state index in [1.165, 1.54) is 41.5 Å². The van der Waals surface area contributed by atoms with Gasteiger partial charge >= 0.3 is 0 Å². The van der Waals surface area contributed by atoms with Crippen LogP contribution < -0.4 is 5.32 Å². The molecule has 5 heterocycles. The Labute approximate surface area is 172 Å². The normalized spacial score (nSPS) is 28.9. The fraction of sp³-hybridized carbons (Fsp3) is 0.542. The van der Waals surface area contributed by atoms with Gasteiger partial charge in [-0.1, -0.05) is 25.1 Å². The van der Waals surface area contributed by atoms with Crippen molar-refractivity contribution in [1.29, 1.82) is 0 Å². The minimum absolute atomic E-state index is 0.0802. The van der Waals surface area contributed by atoms with Gasteiger partial charge in [0.25, 0.3) is 5.91 Å². The first kappa shape index (κ1) is 17.7. The summed E-state index contributed by atoms with van der Waals surface area (Å²) in [5.41, 5.74) is 5.10. The number of piperidine rings is 1. The highest BCUT2D eigenvalue weighted by Gasteiger charge is 2.51. The standard InChI is InChI=1S/C24H30N4O/c1-2-24-9-5-12-26-13-8-18-17-6-3-4-7-19(17)28(21(18)22(24)26)20(16-24)23(29)27-14-10-25-11-15-27/h3-4,6-7,16,22,25H,2,5,8-15H2,1H3/t22-,24-/m1/s1. The maximum absolute atomic E-state index is 13.8. The van der Waals surface area contributed by atoms with Crippen molar-refractivity contribution >= 4 is 22.5 Å². The van der Waals surface area contributed by atoms with Gasteiger partial charge in [0.2, 0.25) is 0 Å². The molecular formula is C24H30N4O. The van der Waals surface area contributed by atoms with Crippen LogP contribution in [-0.4, -0.2) is 59.5 Å². The third-order valence-corrected chi connectivity index (χ3v) is 7.87. The summed E-state index contributed by atoms with van der Waals surface area (Å²) < 4.78 is 2.35. The van der Waals surface area contributed by atoms with Gasteiger partial charge in [-0.3, -0.25) is 9.69 Å². The highest BCUT2D eigenvalue weighted by molar-refractivity contribution is 6.16. The third-order valence-electron chi connectivity index (χ3n) is 7.87. The summed E-state index contributed by atoms with van der Waals surface area (Å²) >= 11 is 0. The van der Waals surface area contributed by atoms with E-state index in [9.17, 15) is 4.79 Å². The van der Waals surface area contributed by atoms with Gasteiger partial charge in [0.1, 0.15) is 5.70 Å². The van der Waals surface area contributed by atoms with Crippen molar-refractivity contribution in [3.8, 4) is 0 Å². The van der Waals surface area contributed by atoms with Crippen molar-refractivity contribution in [1.82, 2.24) is 19.7 Å². The Balaban J connectivity index is 1.61. The lowest BCUT2D eigenvalue weighted by atomic mass is 9.66. The molecule has 2 fully saturated rings. The fourth-order valence-corrected chi connectivity index (χ4v) is 6.47. The Morgan fingerprint density at radius 1 is 1.17 bits per heavy atom. The number of hydrogen-bond acceptors (Lipinski definition) is 3. The zero-order chi connectivity index (χ0) is 19.6. The largest absolute Gasteiger partial charge is 0.335 e. The predicted molar refractivity (Wildman–Crippen MR) is 116 cm³/mol. The molecule has 1 aromatic carbocycles. The monoisotopic (exact) mass is 390 g/mol. The summed E-state index contributed by atoms with van der Waals surface area (Å²) in [6.45, 7) is 8.01. The van der Waals surface area contributed by atoms with E-state index in [2.05, 4.69) is 56.9 Å². The zero-order valence-electron chi connectivity index (χ0n) is 17.3. The van der Waals surface area contributed by atoms with Crippen LogP contribution in [0.25, 0.3) is 16.6 Å². The molecule has 2 saturated heterocycles. The number of fused-ring (bicyclic) bond motifs is 3. The van der Waals surface area contributed by atoms with Crippen LogP contribution in [0.4, 0.5) is 0 Å². The van der Waals surface area contributed by atoms with Gasteiger partial charge < -0.3 is 14.8 Å². The molecule has 0 spiro atoms. The number of para-hydroxylation sites is 1. The molecule has 0 radical (unpaired) electrons. The molecule has 0 saturated carbocycles. The third kappa shape index (κ3) is 2.37. The summed E-state index contributed by atoms with van der Waals surface area (Å²) in [7, 11) is 0. The second kappa shape index (κ2) is 6.44. The van der Waals surface area contributed by atoms with Gasteiger partial charge in [-0.25, -0.2) is 0 Å².